The van der Waals surface area contributed by atoms with Gasteiger partial charge >= 0.3 is 17.9 Å². The molecule has 0 radical (unpaired) electrons. The molecular formula is C58H98O6. The van der Waals surface area contributed by atoms with Crippen LogP contribution in [0.4, 0.5) is 0 Å². The van der Waals surface area contributed by atoms with Crippen LogP contribution in [0.25, 0.3) is 0 Å². The van der Waals surface area contributed by atoms with E-state index in [1.165, 1.54) is 122 Å². The summed E-state index contributed by atoms with van der Waals surface area (Å²) in [5, 5.41) is 0. The van der Waals surface area contributed by atoms with Gasteiger partial charge in [0.2, 0.25) is 0 Å². The van der Waals surface area contributed by atoms with E-state index in [0.717, 1.165) is 77.0 Å². The van der Waals surface area contributed by atoms with E-state index >= 15 is 0 Å². The van der Waals surface area contributed by atoms with Crippen LogP contribution < -0.4 is 0 Å². The first-order valence-electron chi connectivity index (χ1n) is 26.6. The van der Waals surface area contributed by atoms with Gasteiger partial charge in [0.05, 0.1) is 0 Å². The third-order valence-electron chi connectivity index (χ3n) is 11.1. The van der Waals surface area contributed by atoms with Crippen LogP contribution >= 0.6 is 0 Å². The van der Waals surface area contributed by atoms with Gasteiger partial charge in [0, 0.05) is 19.3 Å². The fourth-order valence-corrected chi connectivity index (χ4v) is 7.17. The van der Waals surface area contributed by atoms with Crippen molar-refractivity contribution >= 4 is 17.9 Å². The zero-order valence-corrected chi connectivity index (χ0v) is 41.8. The van der Waals surface area contributed by atoms with E-state index < -0.39 is 6.10 Å². The molecule has 1 atom stereocenters. The normalized spacial score (nSPS) is 12.7. The molecule has 0 N–H and O–H groups in total. The second-order valence-corrected chi connectivity index (χ2v) is 17.4. The number of carbonyl (C=O) groups is 3. The maximum atomic E-state index is 12.8. The molecule has 0 aliphatic carbocycles. The quantitative estimate of drug-likeness (QED) is 0.0262. The van der Waals surface area contributed by atoms with Crippen molar-refractivity contribution in [3.8, 4) is 0 Å². The van der Waals surface area contributed by atoms with Gasteiger partial charge in [-0.2, -0.15) is 0 Å². The average molecular weight is 891 g/mol. The Morgan fingerprint density at radius 2 is 0.641 bits per heavy atom. The molecule has 0 saturated carbocycles. The largest absolute Gasteiger partial charge is 0.462 e. The second kappa shape index (κ2) is 52.2. The zero-order chi connectivity index (χ0) is 46.5. The number of unbranched alkanes of at least 4 members (excludes halogenated alkanes) is 22. The Morgan fingerprint density at radius 1 is 0.328 bits per heavy atom. The van der Waals surface area contributed by atoms with Crippen LogP contribution in [-0.4, -0.2) is 37.2 Å². The summed E-state index contributed by atoms with van der Waals surface area (Å²) in [4.78, 5) is 37.9. The Morgan fingerprint density at radius 3 is 1.05 bits per heavy atom. The van der Waals surface area contributed by atoms with Crippen LogP contribution in [0.2, 0.25) is 0 Å². The highest BCUT2D eigenvalue weighted by atomic mass is 16.6. The molecular weight excluding hydrogens is 793 g/mol. The zero-order valence-electron chi connectivity index (χ0n) is 41.8. The van der Waals surface area contributed by atoms with Crippen molar-refractivity contribution < 1.29 is 28.6 Å². The first-order chi connectivity index (χ1) is 31.5. The Hall–Kier alpha value is -3.41. The molecule has 0 aliphatic rings. The molecule has 0 aliphatic heterocycles. The molecule has 0 amide bonds. The molecule has 6 nitrogen and oxygen atoms in total. The summed E-state index contributed by atoms with van der Waals surface area (Å²) in [6.45, 7) is 6.44. The molecule has 0 bridgehead atoms. The number of ether oxygens (including phenoxy) is 3. The van der Waals surface area contributed by atoms with Gasteiger partial charge < -0.3 is 14.2 Å². The molecule has 0 aromatic rings. The van der Waals surface area contributed by atoms with Gasteiger partial charge in [-0.1, -0.05) is 228 Å². The highest BCUT2D eigenvalue weighted by molar-refractivity contribution is 5.71. The lowest BCUT2D eigenvalue weighted by atomic mass is 10.1. The summed E-state index contributed by atoms with van der Waals surface area (Å²) < 4.78 is 16.7. The minimum absolute atomic E-state index is 0.100. The molecule has 64 heavy (non-hydrogen) atoms. The van der Waals surface area contributed by atoms with Gasteiger partial charge in [0.1, 0.15) is 13.2 Å². The lowest BCUT2D eigenvalue weighted by molar-refractivity contribution is -0.166. The molecule has 0 spiro atoms. The van der Waals surface area contributed by atoms with Gasteiger partial charge in [0.25, 0.3) is 0 Å². The van der Waals surface area contributed by atoms with Crippen LogP contribution in [0.5, 0.6) is 0 Å². The first-order valence-corrected chi connectivity index (χ1v) is 26.6. The van der Waals surface area contributed by atoms with Crippen LogP contribution in [0, 0.1) is 0 Å². The van der Waals surface area contributed by atoms with Crippen molar-refractivity contribution in [2.24, 2.45) is 0 Å². The molecule has 0 heterocycles. The summed E-state index contributed by atoms with van der Waals surface area (Å²) in [5.74, 6) is -0.993. The van der Waals surface area contributed by atoms with E-state index in [-0.39, 0.29) is 37.5 Å². The minimum Gasteiger partial charge on any atom is -0.462 e. The van der Waals surface area contributed by atoms with Crippen molar-refractivity contribution in [1.29, 1.82) is 0 Å². The SMILES string of the molecule is CC/C=C\C/C=C\C/C=C\C/C=C\C/C=C\C/C=C\CCC(=O)OCC(COC(=O)CCCCCCCCCCCC)OC(=O)CCCCCCCCC/C=C\CCCCCCCC. The molecule has 1 unspecified atom stereocenters. The number of hydrogen-bond donors (Lipinski definition) is 0. The van der Waals surface area contributed by atoms with Crippen molar-refractivity contribution in [3.05, 3.63) is 85.1 Å². The highest BCUT2D eigenvalue weighted by Gasteiger charge is 2.19. The van der Waals surface area contributed by atoms with Gasteiger partial charge in [-0.05, 0) is 83.5 Å². The fourth-order valence-electron chi connectivity index (χ4n) is 7.17. The minimum atomic E-state index is -0.807. The van der Waals surface area contributed by atoms with Crippen molar-refractivity contribution in [2.45, 2.75) is 252 Å². The highest BCUT2D eigenvalue weighted by Crippen LogP contribution is 2.14. The van der Waals surface area contributed by atoms with E-state index in [1.807, 2.05) is 6.08 Å². The summed E-state index contributed by atoms with van der Waals surface area (Å²) in [6.07, 6.45) is 67.2. The van der Waals surface area contributed by atoms with Gasteiger partial charge in [-0.3, -0.25) is 14.4 Å². The van der Waals surface area contributed by atoms with Crippen LogP contribution in [0.1, 0.15) is 245 Å². The summed E-state index contributed by atoms with van der Waals surface area (Å²) in [7, 11) is 0. The number of esters is 3. The maximum Gasteiger partial charge on any atom is 0.306 e. The number of hydrogen-bond acceptors (Lipinski definition) is 6. The van der Waals surface area contributed by atoms with Crippen LogP contribution in [-0.2, 0) is 28.6 Å². The van der Waals surface area contributed by atoms with E-state index in [4.69, 9.17) is 14.2 Å². The number of allylic oxidation sites excluding steroid dienone is 14. The van der Waals surface area contributed by atoms with E-state index in [1.54, 1.807) is 0 Å². The Balaban J connectivity index is 4.46. The summed E-state index contributed by atoms with van der Waals surface area (Å²) >= 11 is 0. The maximum absolute atomic E-state index is 12.8. The number of carbonyl (C=O) groups excluding carboxylic acids is 3. The van der Waals surface area contributed by atoms with E-state index in [0.29, 0.717) is 19.3 Å². The first kappa shape index (κ1) is 60.6. The standard InChI is InChI=1S/C58H98O6/c1-4-7-10-13-16-19-22-24-26-28-29-31-32-34-36-39-42-45-48-51-57(60)63-54-55(53-62-56(59)50-47-44-41-38-21-18-15-12-9-6-3)64-58(61)52-49-46-43-40-37-35-33-30-27-25-23-20-17-14-11-8-5-2/h7,10,16,19,24-27,29,31,34,36,42,45,55H,4-6,8-9,11-15,17-18,20-23,28,30,32-33,35,37-41,43-44,46-54H2,1-3H3/b10-7-,19-16-,26-24-,27-25-,31-29-,36-34-,45-42-. The topological polar surface area (TPSA) is 78.9 Å². The number of rotatable bonds is 47. The molecule has 0 aromatic heterocycles. The Kier molecular flexibility index (Phi) is 49.4. The fraction of sp³-hybridized carbons (Fsp3) is 0.707. The average Bonchev–Trinajstić information content (AvgIpc) is 3.29. The van der Waals surface area contributed by atoms with Gasteiger partial charge in [0.15, 0.2) is 6.10 Å². The molecule has 6 heteroatoms. The molecule has 0 fully saturated rings. The summed E-state index contributed by atoms with van der Waals surface area (Å²) in [6, 6.07) is 0. The second-order valence-electron chi connectivity index (χ2n) is 17.4. The van der Waals surface area contributed by atoms with E-state index in [2.05, 4.69) is 99.8 Å². The molecule has 0 aromatic carbocycles. The molecule has 366 valence electrons. The van der Waals surface area contributed by atoms with Gasteiger partial charge in [-0.25, -0.2) is 0 Å². The van der Waals surface area contributed by atoms with Gasteiger partial charge in [-0.15, -0.1) is 0 Å². The lowest BCUT2D eigenvalue weighted by Gasteiger charge is -2.18. The predicted molar refractivity (Wildman–Crippen MR) is 274 cm³/mol. The lowest BCUT2D eigenvalue weighted by Crippen LogP contribution is -2.30. The monoisotopic (exact) mass is 891 g/mol. The smallest absolute Gasteiger partial charge is 0.306 e. The van der Waals surface area contributed by atoms with Crippen molar-refractivity contribution in [3.63, 3.8) is 0 Å². The Labute approximate surface area is 395 Å². The third kappa shape index (κ3) is 49.6. The van der Waals surface area contributed by atoms with E-state index in [9.17, 15) is 14.4 Å². The third-order valence-corrected chi connectivity index (χ3v) is 11.1. The summed E-state index contributed by atoms with van der Waals surface area (Å²) in [5.41, 5.74) is 0. The van der Waals surface area contributed by atoms with Crippen LogP contribution in [0.15, 0.2) is 85.1 Å². The molecule has 0 rings (SSSR count). The van der Waals surface area contributed by atoms with Crippen molar-refractivity contribution in [2.75, 3.05) is 13.2 Å². The predicted octanol–water partition coefficient (Wildman–Crippen LogP) is 17.6. The molecule has 0 saturated heterocycles. The van der Waals surface area contributed by atoms with Crippen molar-refractivity contribution in [1.82, 2.24) is 0 Å². The Bertz CT molecular complexity index is 1250. The van der Waals surface area contributed by atoms with Crippen LogP contribution in [0.3, 0.4) is 0 Å².